The highest BCUT2D eigenvalue weighted by atomic mass is 32.1. The Morgan fingerprint density at radius 1 is 1.44 bits per heavy atom. The van der Waals surface area contributed by atoms with Crippen LogP contribution in [0.25, 0.3) is 0 Å². The summed E-state index contributed by atoms with van der Waals surface area (Å²) < 4.78 is 4.54. The smallest absolute Gasteiger partial charge is 0.311 e. The summed E-state index contributed by atoms with van der Waals surface area (Å²) >= 11 is 2.51. The number of esters is 1. The third kappa shape index (κ3) is 3.11. The zero-order valence-corrected chi connectivity index (χ0v) is 11.0. The molecule has 18 heavy (non-hydrogen) atoms. The number of ether oxygens (including phenoxy) is 1. The van der Waals surface area contributed by atoms with E-state index in [2.05, 4.69) is 20.0 Å². The molecule has 1 amide bonds. The molecule has 1 N–H and O–H groups in total. The van der Waals surface area contributed by atoms with Crippen LogP contribution in [0.2, 0.25) is 0 Å². The lowest BCUT2D eigenvalue weighted by molar-refractivity contribution is -0.139. The van der Waals surface area contributed by atoms with E-state index >= 15 is 0 Å². The van der Waals surface area contributed by atoms with Crippen molar-refractivity contribution in [3.05, 3.63) is 27.7 Å². The van der Waals surface area contributed by atoms with Gasteiger partial charge in [-0.25, -0.2) is 4.98 Å². The molecule has 0 bridgehead atoms. The molecule has 2 aromatic heterocycles. The fraction of sp³-hybridized carbons (Fsp3) is 0.200. The van der Waals surface area contributed by atoms with Gasteiger partial charge in [0, 0.05) is 5.38 Å². The maximum Gasteiger partial charge on any atom is 0.311 e. The lowest BCUT2D eigenvalue weighted by atomic mass is 10.3. The molecule has 2 heterocycles. The highest BCUT2D eigenvalue weighted by Crippen LogP contribution is 2.17. The summed E-state index contributed by atoms with van der Waals surface area (Å²) in [7, 11) is 1.32. The first-order valence-electron chi connectivity index (χ1n) is 4.90. The molecule has 94 valence electrons. The SMILES string of the molecule is COC(=O)Cc1csc(NC(=O)c2cncs2)n1. The Kier molecular flexibility index (Phi) is 4.00. The van der Waals surface area contributed by atoms with E-state index in [1.54, 1.807) is 10.9 Å². The standard InChI is InChI=1S/C10H9N3O3S2/c1-16-8(14)2-6-4-17-10(12-6)13-9(15)7-3-11-5-18-7/h3-5H,2H2,1H3,(H,12,13,15). The van der Waals surface area contributed by atoms with Gasteiger partial charge in [0.1, 0.15) is 4.88 Å². The molecule has 0 atom stereocenters. The van der Waals surface area contributed by atoms with E-state index in [4.69, 9.17) is 0 Å². The van der Waals surface area contributed by atoms with Crippen LogP contribution in [0.3, 0.4) is 0 Å². The van der Waals surface area contributed by atoms with Gasteiger partial charge in [0.15, 0.2) is 5.13 Å². The van der Waals surface area contributed by atoms with Gasteiger partial charge in [0.05, 0.1) is 30.9 Å². The number of carbonyl (C=O) groups excluding carboxylic acids is 2. The Balaban J connectivity index is 1.98. The van der Waals surface area contributed by atoms with Crippen LogP contribution in [0.5, 0.6) is 0 Å². The van der Waals surface area contributed by atoms with Crippen molar-refractivity contribution in [2.75, 3.05) is 12.4 Å². The van der Waals surface area contributed by atoms with Crippen molar-refractivity contribution >= 4 is 39.7 Å². The van der Waals surface area contributed by atoms with Crippen molar-refractivity contribution in [3.8, 4) is 0 Å². The molecule has 2 rings (SSSR count). The molecule has 0 aliphatic heterocycles. The molecule has 0 fully saturated rings. The number of hydrogen-bond donors (Lipinski definition) is 1. The van der Waals surface area contributed by atoms with Crippen LogP contribution >= 0.6 is 22.7 Å². The Morgan fingerprint density at radius 2 is 2.28 bits per heavy atom. The summed E-state index contributed by atoms with van der Waals surface area (Å²) in [6, 6.07) is 0. The lowest BCUT2D eigenvalue weighted by Crippen LogP contribution is -2.10. The number of carbonyl (C=O) groups is 2. The number of methoxy groups -OCH3 is 1. The largest absolute Gasteiger partial charge is 0.469 e. The summed E-state index contributed by atoms with van der Waals surface area (Å²) in [4.78, 5) is 31.2. The van der Waals surface area contributed by atoms with Crippen molar-refractivity contribution in [2.24, 2.45) is 0 Å². The second-order valence-electron chi connectivity index (χ2n) is 3.22. The van der Waals surface area contributed by atoms with Crippen molar-refractivity contribution in [3.63, 3.8) is 0 Å². The lowest BCUT2D eigenvalue weighted by Gasteiger charge is -1.97. The molecule has 6 nitrogen and oxygen atoms in total. The van der Waals surface area contributed by atoms with Crippen molar-refractivity contribution in [2.45, 2.75) is 6.42 Å². The predicted molar refractivity (Wildman–Crippen MR) is 67.9 cm³/mol. The van der Waals surface area contributed by atoms with Crippen molar-refractivity contribution < 1.29 is 14.3 Å². The van der Waals surface area contributed by atoms with Gasteiger partial charge in [-0.15, -0.1) is 22.7 Å². The first-order valence-corrected chi connectivity index (χ1v) is 6.66. The fourth-order valence-electron chi connectivity index (χ4n) is 1.15. The number of aromatic nitrogens is 2. The molecule has 0 unspecified atom stereocenters. The highest BCUT2D eigenvalue weighted by molar-refractivity contribution is 7.14. The zero-order valence-electron chi connectivity index (χ0n) is 9.37. The predicted octanol–water partition coefficient (Wildman–Crippen LogP) is 1.57. The Labute approximate surface area is 111 Å². The first-order chi connectivity index (χ1) is 8.69. The van der Waals surface area contributed by atoms with Crippen molar-refractivity contribution in [1.82, 2.24) is 9.97 Å². The Hall–Kier alpha value is -1.80. The minimum atomic E-state index is -0.361. The van der Waals surface area contributed by atoms with Gasteiger partial charge in [-0.05, 0) is 0 Å². The number of nitrogens with zero attached hydrogens (tertiary/aromatic N) is 2. The van der Waals surface area contributed by atoms with Gasteiger partial charge in [-0.1, -0.05) is 0 Å². The fourth-order valence-corrected chi connectivity index (χ4v) is 2.37. The maximum atomic E-state index is 11.7. The summed E-state index contributed by atoms with van der Waals surface area (Å²) in [6.45, 7) is 0. The quantitative estimate of drug-likeness (QED) is 0.861. The van der Waals surface area contributed by atoms with Crippen LogP contribution in [-0.4, -0.2) is 29.0 Å². The van der Waals surface area contributed by atoms with Gasteiger partial charge < -0.3 is 4.74 Å². The molecular weight excluding hydrogens is 274 g/mol. The van der Waals surface area contributed by atoms with Crippen LogP contribution in [0.15, 0.2) is 17.1 Å². The number of rotatable bonds is 4. The second kappa shape index (κ2) is 5.69. The van der Waals surface area contributed by atoms with Crippen molar-refractivity contribution in [1.29, 1.82) is 0 Å². The minimum Gasteiger partial charge on any atom is -0.469 e. The van der Waals surface area contributed by atoms with Crippen LogP contribution in [0.4, 0.5) is 5.13 Å². The van der Waals surface area contributed by atoms with Gasteiger partial charge in [0.25, 0.3) is 5.91 Å². The summed E-state index contributed by atoms with van der Waals surface area (Å²) in [5.74, 6) is -0.614. The van der Waals surface area contributed by atoms with Crippen LogP contribution in [0, 0.1) is 0 Å². The molecule has 0 saturated heterocycles. The third-order valence-electron chi connectivity index (χ3n) is 1.98. The first kappa shape index (κ1) is 12.7. The van der Waals surface area contributed by atoms with Gasteiger partial charge in [-0.3, -0.25) is 19.9 Å². The van der Waals surface area contributed by atoms with Crippen LogP contribution in [0.1, 0.15) is 15.4 Å². The highest BCUT2D eigenvalue weighted by Gasteiger charge is 2.12. The normalized spacial score (nSPS) is 10.1. The Bertz CT molecular complexity index is 550. The molecule has 0 radical (unpaired) electrons. The Morgan fingerprint density at radius 3 is 2.94 bits per heavy atom. The molecule has 0 aromatic carbocycles. The van der Waals surface area contributed by atoms with E-state index in [1.807, 2.05) is 0 Å². The minimum absolute atomic E-state index is 0.101. The van der Waals surface area contributed by atoms with Gasteiger partial charge in [-0.2, -0.15) is 0 Å². The third-order valence-corrected chi connectivity index (χ3v) is 3.56. The molecular formula is C10H9N3O3S2. The van der Waals surface area contributed by atoms with Crippen LogP contribution in [-0.2, 0) is 16.0 Å². The van der Waals surface area contributed by atoms with E-state index in [0.29, 0.717) is 15.7 Å². The number of amides is 1. The number of thiazole rings is 2. The zero-order chi connectivity index (χ0) is 13.0. The maximum absolute atomic E-state index is 11.7. The van der Waals surface area contributed by atoms with Crippen LogP contribution < -0.4 is 5.32 Å². The molecule has 2 aromatic rings. The van der Waals surface area contributed by atoms with E-state index in [9.17, 15) is 9.59 Å². The van der Waals surface area contributed by atoms with E-state index in [-0.39, 0.29) is 18.3 Å². The molecule has 0 spiro atoms. The van der Waals surface area contributed by atoms with Gasteiger partial charge >= 0.3 is 5.97 Å². The summed E-state index contributed by atoms with van der Waals surface area (Å²) in [5, 5.41) is 4.80. The summed E-state index contributed by atoms with van der Waals surface area (Å²) in [5.41, 5.74) is 2.16. The average molecular weight is 283 g/mol. The topological polar surface area (TPSA) is 81.2 Å². The number of nitrogens with one attached hydrogen (secondary N) is 1. The molecule has 0 aliphatic carbocycles. The summed E-state index contributed by atoms with van der Waals surface area (Å²) in [6.07, 6.45) is 1.59. The molecule has 8 heteroatoms. The van der Waals surface area contributed by atoms with E-state index < -0.39 is 0 Å². The second-order valence-corrected chi connectivity index (χ2v) is 4.96. The monoisotopic (exact) mass is 283 g/mol. The van der Waals surface area contributed by atoms with E-state index in [1.165, 1.54) is 36.0 Å². The molecule has 0 aliphatic rings. The van der Waals surface area contributed by atoms with Gasteiger partial charge in [0.2, 0.25) is 0 Å². The number of hydrogen-bond acceptors (Lipinski definition) is 7. The van der Waals surface area contributed by atoms with E-state index in [0.717, 1.165) is 0 Å². The molecule has 0 saturated carbocycles. The average Bonchev–Trinajstić information content (AvgIpc) is 3.00. The number of anilines is 1.